The molecular weight excluding hydrogens is 592 g/mol. The molecule has 1 fully saturated rings. The van der Waals surface area contributed by atoms with E-state index in [0.717, 1.165) is 35.1 Å². The Labute approximate surface area is 273 Å². The van der Waals surface area contributed by atoms with E-state index in [2.05, 4.69) is 36.9 Å². The maximum Gasteiger partial charge on any atom is 0.294 e. The molecule has 0 bridgehead atoms. The largest absolute Gasteiger partial charge is 0.456 e. The summed E-state index contributed by atoms with van der Waals surface area (Å²) in [4.78, 5) is 14.8. The molecule has 1 aliphatic carbocycles. The van der Waals surface area contributed by atoms with Crippen LogP contribution in [0.4, 0.5) is 20.2 Å². The lowest BCUT2D eigenvalue weighted by Crippen LogP contribution is -2.37. The van der Waals surface area contributed by atoms with Crippen LogP contribution in [-0.2, 0) is 20.5 Å². The van der Waals surface area contributed by atoms with Crippen LogP contribution >= 0.6 is 0 Å². The predicted molar refractivity (Wildman–Crippen MR) is 181 cm³/mol. The molecule has 6 heteroatoms. The average Bonchev–Trinajstić information content (AvgIpc) is 3.36. The zero-order chi connectivity index (χ0) is 32.5. The maximum atomic E-state index is 15.1. The van der Waals surface area contributed by atoms with Gasteiger partial charge in [0.05, 0.1) is 5.56 Å². The van der Waals surface area contributed by atoms with Crippen molar-refractivity contribution in [2.24, 2.45) is 0 Å². The molecule has 4 nitrogen and oxygen atoms in total. The summed E-state index contributed by atoms with van der Waals surface area (Å²) in [5, 5.41) is 1.69. The lowest BCUT2D eigenvalue weighted by Gasteiger charge is -2.40. The van der Waals surface area contributed by atoms with Gasteiger partial charge in [-0.3, -0.25) is 4.79 Å². The summed E-state index contributed by atoms with van der Waals surface area (Å²) in [6.07, 6.45) is 6.43. The number of rotatable bonds is 5. The number of ether oxygens (including phenoxy) is 2. The Morgan fingerprint density at radius 3 is 2.43 bits per heavy atom. The Bertz CT molecular complexity index is 2060. The van der Waals surface area contributed by atoms with Crippen LogP contribution in [0, 0.1) is 18.6 Å². The van der Waals surface area contributed by atoms with Crippen LogP contribution in [0.2, 0.25) is 0 Å². The van der Waals surface area contributed by atoms with Crippen molar-refractivity contribution >= 4 is 28.6 Å². The highest BCUT2D eigenvalue weighted by atomic mass is 19.2. The van der Waals surface area contributed by atoms with Gasteiger partial charge in [-0.1, -0.05) is 75.6 Å². The molecule has 238 valence electrons. The Morgan fingerprint density at radius 1 is 0.830 bits per heavy atom. The van der Waals surface area contributed by atoms with Crippen molar-refractivity contribution in [3.05, 3.63) is 130 Å². The number of nitrogens with zero attached hydrogens (tertiary/aromatic N) is 1. The number of aryl methyl sites for hydroxylation is 1. The molecular formula is C41H37F2NO3. The van der Waals surface area contributed by atoms with Gasteiger partial charge < -0.3 is 14.4 Å². The fraction of sp³-hybridized carbons (Fsp3) is 0.293. The highest BCUT2D eigenvalue weighted by Gasteiger charge is 2.49. The van der Waals surface area contributed by atoms with Gasteiger partial charge in [-0.2, -0.15) is 0 Å². The van der Waals surface area contributed by atoms with Gasteiger partial charge >= 0.3 is 0 Å². The smallest absolute Gasteiger partial charge is 0.294 e. The van der Waals surface area contributed by atoms with Crippen molar-refractivity contribution in [1.82, 2.24) is 0 Å². The Morgan fingerprint density at radius 2 is 1.62 bits per heavy atom. The average molecular weight is 630 g/mol. The van der Waals surface area contributed by atoms with Crippen molar-refractivity contribution in [2.75, 3.05) is 11.4 Å². The normalized spacial score (nSPS) is 19.9. The summed E-state index contributed by atoms with van der Waals surface area (Å²) < 4.78 is 42.4. The standard InChI is InChI=1S/C41H37F2NO3/c1-25-19-34(42)35(43)22-32(25)41(46-24-45)31-16-15-29(21-38(31)47-37-18-14-27-11-7-8-12-30(27)39(37)41)44-23-40(2,3)33-20-28(13-17-36(33)44)26-9-5-4-6-10-26/h7-8,11-22,24,26H,4-6,9-10,23H2,1-3H3. The Hall–Kier alpha value is -4.71. The summed E-state index contributed by atoms with van der Waals surface area (Å²) in [7, 11) is 0. The van der Waals surface area contributed by atoms with Gasteiger partial charge in [0, 0.05) is 40.5 Å². The van der Waals surface area contributed by atoms with E-state index in [0.29, 0.717) is 46.1 Å². The number of fused-ring (bicyclic) bond motifs is 5. The zero-order valence-electron chi connectivity index (χ0n) is 26.9. The van der Waals surface area contributed by atoms with Crippen LogP contribution in [0.25, 0.3) is 10.8 Å². The van der Waals surface area contributed by atoms with Crippen molar-refractivity contribution in [1.29, 1.82) is 0 Å². The topological polar surface area (TPSA) is 38.8 Å². The minimum Gasteiger partial charge on any atom is -0.456 e. The second-order valence-electron chi connectivity index (χ2n) is 14.0. The van der Waals surface area contributed by atoms with Crippen LogP contribution in [0.1, 0.15) is 85.3 Å². The highest BCUT2D eigenvalue weighted by Crippen LogP contribution is 2.57. The highest BCUT2D eigenvalue weighted by molar-refractivity contribution is 5.91. The first kappa shape index (κ1) is 29.7. The molecule has 0 spiro atoms. The summed E-state index contributed by atoms with van der Waals surface area (Å²) in [6, 6.07) is 26.7. The lowest BCUT2D eigenvalue weighted by atomic mass is 9.74. The summed E-state index contributed by atoms with van der Waals surface area (Å²) >= 11 is 0. The molecule has 8 rings (SSSR count). The van der Waals surface area contributed by atoms with Gasteiger partial charge in [0.25, 0.3) is 6.47 Å². The first-order valence-corrected chi connectivity index (χ1v) is 16.6. The third kappa shape index (κ3) is 4.56. The molecule has 1 saturated carbocycles. The number of benzene rings is 5. The molecule has 5 aromatic rings. The molecule has 3 aliphatic rings. The minimum atomic E-state index is -1.60. The molecule has 0 aromatic heterocycles. The van der Waals surface area contributed by atoms with E-state index in [4.69, 9.17) is 9.47 Å². The molecule has 0 N–H and O–H groups in total. The maximum absolute atomic E-state index is 15.1. The first-order valence-electron chi connectivity index (χ1n) is 16.6. The van der Waals surface area contributed by atoms with Crippen molar-refractivity contribution in [2.45, 2.75) is 69.8 Å². The van der Waals surface area contributed by atoms with Gasteiger partial charge in [0.2, 0.25) is 0 Å². The van der Waals surface area contributed by atoms with Crippen LogP contribution in [-0.4, -0.2) is 13.0 Å². The zero-order valence-corrected chi connectivity index (χ0v) is 26.9. The fourth-order valence-corrected chi connectivity index (χ4v) is 8.39. The monoisotopic (exact) mass is 629 g/mol. The number of carbonyl (C=O) groups is 1. The number of anilines is 2. The number of hydrogen-bond acceptors (Lipinski definition) is 4. The van der Waals surface area contributed by atoms with Crippen LogP contribution < -0.4 is 9.64 Å². The van der Waals surface area contributed by atoms with E-state index >= 15 is 4.39 Å². The molecule has 1 atom stereocenters. The Kier molecular flexibility index (Phi) is 6.90. The third-order valence-electron chi connectivity index (χ3n) is 10.7. The van der Waals surface area contributed by atoms with Crippen molar-refractivity contribution in [3.8, 4) is 11.5 Å². The Balaban J connectivity index is 1.31. The van der Waals surface area contributed by atoms with Gasteiger partial charge in [-0.25, -0.2) is 8.78 Å². The summed E-state index contributed by atoms with van der Waals surface area (Å²) in [5.74, 6) is -0.387. The number of carbonyl (C=O) groups excluding carboxylic acids is 1. The van der Waals surface area contributed by atoms with Crippen molar-refractivity contribution in [3.63, 3.8) is 0 Å². The molecule has 1 unspecified atom stereocenters. The first-order chi connectivity index (χ1) is 22.7. The second kappa shape index (κ2) is 10.9. The molecule has 5 aromatic carbocycles. The third-order valence-corrected chi connectivity index (χ3v) is 10.7. The lowest BCUT2D eigenvalue weighted by molar-refractivity contribution is -0.137. The van der Waals surface area contributed by atoms with Crippen LogP contribution in [0.5, 0.6) is 11.5 Å². The fourth-order valence-electron chi connectivity index (χ4n) is 8.39. The number of halogens is 2. The molecule has 47 heavy (non-hydrogen) atoms. The number of hydrogen-bond donors (Lipinski definition) is 0. The molecule has 2 heterocycles. The van der Waals surface area contributed by atoms with Gasteiger partial charge in [0.1, 0.15) is 11.5 Å². The quantitative estimate of drug-likeness (QED) is 0.181. The van der Waals surface area contributed by atoms with Crippen LogP contribution in [0.15, 0.2) is 84.9 Å². The molecule has 0 saturated heterocycles. The van der Waals surface area contributed by atoms with Gasteiger partial charge in [0.15, 0.2) is 17.2 Å². The van der Waals surface area contributed by atoms with Gasteiger partial charge in [-0.05, 0) is 89.5 Å². The molecule has 0 radical (unpaired) electrons. The van der Waals surface area contributed by atoms with Crippen LogP contribution in [0.3, 0.4) is 0 Å². The van der Waals surface area contributed by atoms with E-state index in [1.807, 2.05) is 54.6 Å². The van der Waals surface area contributed by atoms with E-state index in [1.165, 1.54) is 48.9 Å². The van der Waals surface area contributed by atoms with Crippen molar-refractivity contribution < 1.29 is 23.0 Å². The summed E-state index contributed by atoms with van der Waals surface area (Å²) in [5.41, 5.74) is 5.11. The van der Waals surface area contributed by atoms with E-state index < -0.39 is 17.2 Å². The van der Waals surface area contributed by atoms with Gasteiger partial charge in [-0.15, -0.1) is 0 Å². The van der Waals surface area contributed by atoms with E-state index in [-0.39, 0.29) is 5.41 Å². The van der Waals surface area contributed by atoms with E-state index in [9.17, 15) is 9.18 Å². The second-order valence-corrected chi connectivity index (χ2v) is 14.0. The summed E-state index contributed by atoms with van der Waals surface area (Å²) in [6.45, 7) is 7.46. The molecule has 2 aliphatic heterocycles. The van der Waals surface area contributed by atoms with E-state index in [1.54, 1.807) is 6.92 Å². The SMILES string of the molecule is Cc1cc(F)c(F)cc1C1(OC=O)c2ccc(N3CC(C)(C)c4cc(C5CCCCC5)ccc43)cc2Oc2ccc3ccccc3c21. The predicted octanol–water partition coefficient (Wildman–Crippen LogP) is 10.5. The minimum absolute atomic E-state index is 0.0740. The molecule has 0 amide bonds.